The first kappa shape index (κ1) is 18.5. The van der Waals surface area contributed by atoms with Crippen molar-refractivity contribution in [2.45, 2.75) is 20.8 Å². The van der Waals surface area contributed by atoms with Crippen LogP contribution in [0.1, 0.15) is 34.1 Å². The number of H-pyrrole nitrogens is 1. The molecule has 0 radical (unpaired) electrons. The number of aromatic amines is 1. The molecule has 2 N–H and O–H groups in total. The van der Waals surface area contributed by atoms with Crippen LogP contribution in [0.25, 0.3) is 17.0 Å². The lowest BCUT2D eigenvalue weighted by Crippen LogP contribution is -2.11. The minimum Gasteiger partial charge on any atom is -0.463 e. The zero-order valence-corrected chi connectivity index (χ0v) is 15.6. The first-order valence-corrected chi connectivity index (χ1v) is 8.83. The minimum atomic E-state index is -0.374. The summed E-state index contributed by atoms with van der Waals surface area (Å²) < 4.78 is 4.84. The monoisotopic (exact) mass is 362 g/mol. The van der Waals surface area contributed by atoms with Gasteiger partial charge in [0.2, 0.25) is 0 Å². The van der Waals surface area contributed by atoms with E-state index >= 15 is 0 Å². The smallest absolute Gasteiger partial charge is 0.330 e. The molecule has 1 amide bonds. The van der Waals surface area contributed by atoms with Gasteiger partial charge in [0.15, 0.2) is 0 Å². The largest absolute Gasteiger partial charge is 0.463 e. The number of aromatic nitrogens is 1. The highest BCUT2D eigenvalue weighted by molar-refractivity contribution is 6.06. The van der Waals surface area contributed by atoms with Crippen LogP contribution in [-0.2, 0) is 9.53 Å². The highest BCUT2D eigenvalue weighted by Crippen LogP contribution is 2.23. The van der Waals surface area contributed by atoms with Crippen LogP contribution in [0.2, 0.25) is 0 Å². The summed E-state index contributed by atoms with van der Waals surface area (Å²) in [6, 6.07) is 12.9. The van der Waals surface area contributed by atoms with E-state index in [0.717, 1.165) is 27.7 Å². The third kappa shape index (κ3) is 4.26. The molecule has 0 fully saturated rings. The van der Waals surface area contributed by atoms with Crippen LogP contribution in [0.3, 0.4) is 0 Å². The Bertz CT molecular complexity index is 1010. The molecule has 2 aromatic carbocycles. The van der Waals surface area contributed by atoms with E-state index in [1.165, 1.54) is 6.08 Å². The Morgan fingerprint density at radius 3 is 2.56 bits per heavy atom. The molecule has 27 heavy (non-hydrogen) atoms. The van der Waals surface area contributed by atoms with E-state index in [4.69, 9.17) is 4.74 Å². The first-order valence-electron chi connectivity index (χ1n) is 8.83. The molecule has 0 atom stereocenters. The van der Waals surface area contributed by atoms with Crippen LogP contribution in [-0.4, -0.2) is 23.5 Å². The third-order valence-corrected chi connectivity index (χ3v) is 4.44. The number of aryl methyl sites for hydroxylation is 2. The number of benzene rings is 2. The van der Waals surface area contributed by atoms with Gasteiger partial charge in [0.1, 0.15) is 0 Å². The zero-order valence-electron chi connectivity index (χ0n) is 15.6. The normalized spacial score (nSPS) is 11.1. The lowest BCUT2D eigenvalue weighted by Gasteiger charge is -2.06. The van der Waals surface area contributed by atoms with E-state index < -0.39 is 0 Å². The summed E-state index contributed by atoms with van der Waals surface area (Å²) in [6.07, 6.45) is 3.06. The highest BCUT2D eigenvalue weighted by Gasteiger charge is 2.10. The van der Waals surface area contributed by atoms with Gasteiger partial charge in [-0.15, -0.1) is 0 Å². The molecule has 0 bridgehead atoms. The lowest BCUT2D eigenvalue weighted by molar-refractivity contribution is -0.137. The molecule has 0 unspecified atom stereocenters. The maximum absolute atomic E-state index is 12.6. The highest BCUT2D eigenvalue weighted by atomic mass is 16.5. The van der Waals surface area contributed by atoms with Gasteiger partial charge in [-0.2, -0.15) is 0 Å². The van der Waals surface area contributed by atoms with E-state index in [1.54, 1.807) is 25.1 Å². The van der Waals surface area contributed by atoms with Crippen LogP contribution in [0.5, 0.6) is 0 Å². The fourth-order valence-corrected chi connectivity index (χ4v) is 2.84. The molecular formula is C22H22N2O3. The van der Waals surface area contributed by atoms with Gasteiger partial charge in [0.25, 0.3) is 5.91 Å². The Morgan fingerprint density at radius 2 is 1.85 bits per heavy atom. The van der Waals surface area contributed by atoms with E-state index in [2.05, 4.69) is 10.3 Å². The number of hydrogen-bond donors (Lipinski definition) is 2. The van der Waals surface area contributed by atoms with Crippen LogP contribution >= 0.6 is 0 Å². The predicted molar refractivity (Wildman–Crippen MR) is 108 cm³/mol. The Balaban J connectivity index is 1.70. The van der Waals surface area contributed by atoms with Crippen molar-refractivity contribution in [1.29, 1.82) is 0 Å². The molecule has 0 spiro atoms. The van der Waals surface area contributed by atoms with Crippen molar-refractivity contribution in [3.63, 3.8) is 0 Å². The zero-order chi connectivity index (χ0) is 19.4. The summed E-state index contributed by atoms with van der Waals surface area (Å²) >= 11 is 0. The van der Waals surface area contributed by atoms with Gasteiger partial charge in [0, 0.05) is 33.9 Å². The van der Waals surface area contributed by atoms with Crippen molar-refractivity contribution in [3.8, 4) is 0 Å². The second-order valence-corrected chi connectivity index (χ2v) is 6.30. The van der Waals surface area contributed by atoms with Crippen LogP contribution in [0.15, 0.2) is 48.5 Å². The van der Waals surface area contributed by atoms with E-state index in [0.29, 0.717) is 17.9 Å². The number of nitrogens with one attached hydrogen (secondary N) is 2. The van der Waals surface area contributed by atoms with E-state index in [-0.39, 0.29) is 11.9 Å². The molecule has 5 nitrogen and oxygen atoms in total. The Morgan fingerprint density at radius 1 is 1.11 bits per heavy atom. The summed E-state index contributed by atoms with van der Waals surface area (Å²) in [5, 5.41) is 3.95. The number of amides is 1. The second kappa shape index (κ2) is 7.91. The number of anilines is 1. The maximum atomic E-state index is 12.6. The van der Waals surface area contributed by atoms with Gasteiger partial charge in [-0.25, -0.2) is 4.79 Å². The number of esters is 1. The minimum absolute atomic E-state index is 0.162. The molecule has 5 heteroatoms. The van der Waals surface area contributed by atoms with Gasteiger partial charge >= 0.3 is 5.97 Å². The molecule has 3 rings (SSSR count). The van der Waals surface area contributed by atoms with E-state index in [1.807, 2.05) is 44.2 Å². The molecule has 3 aromatic rings. The van der Waals surface area contributed by atoms with Crippen LogP contribution in [0.4, 0.5) is 5.69 Å². The Hall–Kier alpha value is -3.34. The third-order valence-electron chi connectivity index (χ3n) is 4.44. The Labute approximate surface area is 158 Å². The molecule has 0 saturated carbocycles. The summed E-state index contributed by atoms with van der Waals surface area (Å²) in [5.74, 6) is -0.537. The molecule has 1 aromatic heterocycles. The van der Waals surface area contributed by atoms with Gasteiger partial charge in [0.05, 0.1) is 6.61 Å². The molecule has 138 valence electrons. The molecule has 1 heterocycles. The van der Waals surface area contributed by atoms with Gasteiger partial charge in [-0.1, -0.05) is 12.1 Å². The molecule has 0 aliphatic carbocycles. The number of carbonyl (C=O) groups excluding carboxylic acids is 2. The summed E-state index contributed by atoms with van der Waals surface area (Å²) in [7, 11) is 0. The Kier molecular flexibility index (Phi) is 5.41. The maximum Gasteiger partial charge on any atom is 0.330 e. The molecule has 0 saturated heterocycles. The molecule has 0 aliphatic heterocycles. The van der Waals surface area contributed by atoms with Crippen molar-refractivity contribution in [1.82, 2.24) is 4.98 Å². The molecular weight excluding hydrogens is 340 g/mol. The standard InChI is InChI=1S/C22H22N2O3/c1-4-27-21(25)12-7-16-5-9-18(10-6-16)24-22(26)17-8-11-20-19(13-17)14(2)15(3)23-20/h5-13,23H,4H2,1-3H3,(H,24,26). The van der Waals surface area contributed by atoms with Gasteiger partial charge < -0.3 is 15.0 Å². The number of ether oxygens (including phenoxy) is 1. The molecule has 0 aliphatic rings. The number of fused-ring (bicyclic) bond motifs is 1. The van der Waals surface area contributed by atoms with Crippen molar-refractivity contribution in [3.05, 3.63) is 70.9 Å². The van der Waals surface area contributed by atoms with Crippen LogP contribution < -0.4 is 5.32 Å². The first-order chi connectivity index (χ1) is 13.0. The van der Waals surface area contributed by atoms with Crippen molar-refractivity contribution >= 4 is 34.5 Å². The topological polar surface area (TPSA) is 71.2 Å². The van der Waals surface area contributed by atoms with Gasteiger partial charge in [-0.05, 0) is 68.3 Å². The number of rotatable bonds is 5. The van der Waals surface area contributed by atoms with Crippen molar-refractivity contribution in [2.75, 3.05) is 11.9 Å². The SMILES string of the molecule is CCOC(=O)C=Cc1ccc(NC(=O)c2ccc3[nH]c(C)c(C)c3c2)cc1. The quantitative estimate of drug-likeness (QED) is 0.514. The fraction of sp³-hybridized carbons (Fsp3) is 0.182. The fourth-order valence-electron chi connectivity index (χ4n) is 2.84. The number of carbonyl (C=O) groups is 2. The summed E-state index contributed by atoms with van der Waals surface area (Å²) in [5.41, 5.74) is 5.43. The average molecular weight is 362 g/mol. The summed E-state index contributed by atoms with van der Waals surface area (Å²) in [6.45, 7) is 6.17. The van der Waals surface area contributed by atoms with Crippen molar-refractivity contribution in [2.24, 2.45) is 0 Å². The predicted octanol–water partition coefficient (Wildman–Crippen LogP) is 4.61. The average Bonchev–Trinajstić information content (AvgIpc) is 2.95. The van der Waals surface area contributed by atoms with Gasteiger partial charge in [-0.3, -0.25) is 4.79 Å². The summed E-state index contributed by atoms with van der Waals surface area (Å²) in [4.78, 5) is 27.2. The number of hydrogen-bond acceptors (Lipinski definition) is 3. The lowest BCUT2D eigenvalue weighted by atomic mass is 10.1. The van der Waals surface area contributed by atoms with Crippen molar-refractivity contribution < 1.29 is 14.3 Å². The van der Waals surface area contributed by atoms with Crippen LogP contribution in [0, 0.1) is 13.8 Å². The van der Waals surface area contributed by atoms with E-state index in [9.17, 15) is 9.59 Å². The second-order valence-electron chi connectivity index (χ2n) is 6.30.